The van der Waals surface area contributed by atoms with Crippen LogP contribution in [0, 0.1) is 6.92 Å². The minimum Gasteiger partial charge on any atom is -0.488 e. The van der Waals surface area contributed by atoms with Gasteiger partial charge in [0.15, 0.2) is 0 Å². The van der Waals surface area contributed by atoms with Crippen LogP contribution in [0.1, 0.15) is 18.4 Å². The molecule has 1 saturated heterocycles. The molecule has 0 spiro atoms. The summed E-state index contributed by atoms with van der Waals surface area (Å²) in [7, 11) is 0. The SMILES string of the molecule is Cc1ccc(Cl)c(O[C@H]2CCCNC2)c1. The number of ether oxygens (including phenoxy) is 1. The second-order valence-electron chi connectivity index (χ2n) is 4.02. The van der Waals surface area contributed by atoms with Crippen LogP contribution in [0.4, 0.5) is 0 Å². The molecular weight excluding hydrogens is 210 g/mol. The largest absolute Gasteiger partial charge is 0.488 e. The molecule has 0 aromatic heterocycles. The molecule has 0 saturated carbocycles. The number of hydrogen-bond acceptors (Lipinski definition) is 2. The van der Waals surface area contributed by atoms with E-state index in [-0.39, 0.29) is 6.10 Å². The molecular formula is C12H16ClNO. The Morgan fingerprint density at radius 2 is 2.33 bits per heavy atom. The van der Waals surface area contributed by atoms with Crippen molar-refractivity contribution in [1.82, 2.24) is 5.32 Å². The fraction of sp³-hybridized carbons (Fsp3) is 0.500. The molecule has 3 heteroatoms. The van der Waals surface area contributed by atoms with Crippen LogP contribution in [0.25, 0.3) is 0 Å². The van der Waals surface area contributed by atoms with Crippen molar-refractivity contribution in [3.05, 3.63) is 28.8 Å². The third-order valence-corrected chi connectivity index (χ3v) is 2.94. The molecule has 1 aliphatic heterocycles. The van der Waals surface area contributed by atoms with Crippen molar-refractivity contribution in [1.29, 1.82) is 0 Å². The summed E-state index contributed by atoms with van der Waals surface area (Å²) in [6.45, 7) is 4.06. The van der Waals surface area contributed by atoms with Gasteiger partial charge in [0.2, 0.25) is 0 Å². The van der Waals surface area contributed by atoms with E-state index >= 15 is 0 Å². The standard InChI is InChI=1S/C12H16ClNO/c1-9-4-5-11(13)12(7-9)15-10-3-2-6-14-8-10/h4-5,7,10,14H,2-3,6,8H2,1H3/t10-/m0/s1. The van der Waals surface area contributed by atoms with Crippen LogP contribution in [0.15, 0.2) is 18.2 Å². The van der Waals surface area contributed by atoms with E-state index in [1.807, 2.05) is 25.1 Å². The molecule has 0 amide bonds. The third-order valence-electron chi connectivity index (χ3n) is 2.63. The summed E-state index contributed by atoms with van der Waals surface area (Å²) in [4.78, 5) is 0. The zero-order valence-corrected chi connectivity index (χ0v) is 9.68. The topological polar surface area (TPSA) is 21.3 Å². The molecule has 1 N–H and O–H groups in total. The number of rotatable bonds is 2. The van der Waals surface area contributed by atoms with E-state index in [9.17, 15) is 0 Å². The summed E-state index contributed by atoms with van der Waals surface area (Å²) < 4.78 is 5.87. The van der Waals surface area contributed by atoms with Crippen LogP contribution in [0.3, 0.4) is 0 Å². The fourth-order valence-corrected chi connectivity index (χ4v) is 1.96. The monoisotopic (exact) mass is 225 g/mol. The molecule has 1 fully saturated rings. The van der Waals surface area contributed by atoms with E-state index in [0.29, 0.717) is 5.02 Å². The number of aryl methyl sites for hydroxylation is 1. The number of piperidine rings is 1. The fourth-order valence-electron chi connectivity index (χ4n) is 1.80. The minimum atomic E-state index is 0.262. The zero-order valence-electron chi connectivity index (χ0n) is 8.92. The maximum Gasteiger partial charge on any atom is 0.138 e. The van der Waals surface area contributed by atoms with Gasteiger partial charge < -0.3 is 10.1 Å². The van der Waals surface area contributed by atoms with Crippen LogP contribution in [-0.2, 0) is 0 Å². The van der Waals surface area contributed by atoms with Crippen LogP contribution in [0.5, 0.6) is 5.75 Å². The Balaban J connectivity index is 2.05. The molecule has 1 aliphatic rings. The lowest BCUT2D eigenvalue weighted by atomic mass is 10.1. The van der Waals surface area contributed by atoms with Gasteiger partial charge in [-0.3, -0.25) is 0 Å². The van der Waals surface area contributed by atoms with Crippen molar-refractivity contribution in [3.63, 3.8) is 0 Å². The van der Waals surface area contributed by atoms with Crippen LogP contribution in [0.2, 0.25) is 5.02 Å². The smallest absolute Gasteiger partial charge is 0.138 e. The molecule has 0 unspecified atom stereocenters. The lowest BCUT2D eigenvalue weighted by Crippen LogP contribution is -2.37. The Bertz CT molecular complexity index is 334. The minimum absolute atomic E-state index is 0.262. The molecule has 1 atom stereocenters. The highest BCUT2D eigenvalue weighted by molar-refractivity contribution is 6.32. The van der Waals surface area contributed by atoms with E-state index in [1.54, 1.807) is 0 Å². The lowest BCUT2D eigenvalue weighted by molar-refractivity contribution is 0.167. The predicted octanol–water partition coefficient (Wildman–Crippen LogP) is 2.78. The second kappa shape index (κ2) is 4.86. The van der Waals surface area contributed by atoms with Crippen molar-refractivity contribution in [2.24, 2.45) is 0 Å². The first kappa shape index (κ1) is 10.8. The Morgan fingerprint density at radius 1 is 1.47 bits per heavy atom. The predicted molar refractivity (Wildman–Crippen MR) is 62.7 cm³/mol. The van der Waals surface area contributed by atoms with Crippen molar-refractivity contribution >= 4 is 11.6 Å². The normalized spacial score (nSPS) is 21.3. The molecule has 15 heavy (non-hydrogen) atoms. The first-order valence-corrected chi connectivity index (χ1v) is 5.77. The Kier molecular flexibility index (Phi) is 3.49. The van der Waals surface area contributed by atoms with E-state index < -0.39 is 0 Å². The molecule has 2 nitrogen and oxygen atoms in total. The summed E-state index contributed by atoms with van der Waals surface area (Å²) >= 11 is 6.07. The first-order chi connectivity index (χ1) is 7.25. The molecule has 1 aromatic rings. The van der Waals surface area contributed by atoms with Crippen LogP contribution in [-0.4, -0.2) is 19.2 Å². The number of hydrogen-bond donors (Lipinski definition) is 1. The van der Waals surface area contributed by atoms with E-state index in [0.717, 1.165) is 25.3 Å². The van der Waals surface area contributed by atoms with Gasteiger partial charge in [-0.1, -0.05) is 17.7 Å². The molecule has 0 bridgehead atoms. The number of halogens is 1. The summed E-state index contributed by atoms with van der Waals surface area (Å²) in [6, 6.07) is 5.88. The van der Waals surface area contributed by atoms with Crippen LogP contribution >= 0.6 is 11.6 Å². The van der Waals surface area contributed by atoms with Crippen molar-refractivity contribution in [2.75, 3.05) is 13.1 Å². The molecule has 82 valence electrons. The molecule has 1 heterocycles. The highest BCUT2D eigenvalue weighted by Gasteiger charge is 2.15. The maximum atomic E-state index is 6.07. The molecule has 2 rings (SSSR count). The summed E-state index contributed by atoms with van der Waals surface area (Å²) in [6.07, 6.45) is 2.55. The van der Waals surface area contributed by atoms with Gasteiger partial charge in [-0.15, -0.1) is 0 Å². The van der Waals surface area contributed by atoms with Gasteiger partial charge in [-0.25, -0.2) is 0 Å². The summed E-state index contributed by atoms with van der Waals surface area (Å²) in [5.74, 6) is 0.811. The van der Waals surface area contributed by atoms with Crippen molar-refractivity contribution in [2.45, 2.75) is 25.9 Å². The molecule has 1 aromatic carbocycles. The van der Waals surface area contributed by atoms with Gasteiger partial charge >= 0.3 is 0 Å². The van der Waals surface area contributed by atoms with Gasteiger partial charge in [0.25, 0.3) is 0 Å². The van der Waals surface area contributed by atoms with Gasteiger partial charge in [0, 0.05) is 6.54 Å². The van der Waals surface area contributed by atoms with Crippen molar-refractivity contribution < 1.29 is 4.74 Å². The average molecular weight is 226 g/mol. The quantitative estimate of drug-likeness (QED) is 0.836. The van der Waals surface area contributed by atoms with E-state index in [1.165, 1.54) is 12.0 Å². The first-order valence-electron chi connectivity index (χ1n) is 5.39. The van der Waals surface area contributed by atoms with E-state index in [2.05, 4.69) is 5.32 Å². The summed E-state index contributed by atoms with van der Waals surface area (Å²) in [5, 5.41) is 4.02. The Morgan fingerprint density at radius 3 is 3.07 bits per heavy atom. The van der Waals surface area contributed by atoms with Gasteiger partial charge in [0.05, 0.1) is 5.02 Å². The Hall–Kier alpha value is -0.730. The maximum absolute atomic E-state index is 6.07. The Labute approximate surface area is 95.6 Å². The highest BCUT2D eigenvalue weighted by Crippen LogP contribution is 2.27. The summed E-state index contributed by atoms with van der Waals surface area (Å²) in [5.41, 5.74) is 1.18. The number of nitrogens with one attached hydrogen (secondary N) is 1. The molecule has 0 radical (unpaired) electrons. The van der Waals surface area contributed by atoms with Crippen molar-refractivity contribution in [3.8, 4) is 5.75 Å². The second-order valence-corrected chi connectivity index (χ2v) is 4.43. The van der Waals surface area contributed by atoms with Gasteiger partial charge in [0.1, 0.15) is 11.9 Å². The average Bonchev–Trinajstić information content (AvgIpc) is 2.25. The zero-order chi connectivity index (χ0) is 10.7. The third kappa shape index (κ3) is 2.86. The van der Waals surface area contributed by atoms with Crippen LogP contribution < -0.4 is 10.1 Å². The highest BCUT2D eigenvalue weighted by atomic mass is 35.5. The van der Waals surface area contributed by atoms with Gasteiger partial charge in [-0.2, -0.15) is 0 Å². The van der Waals surface area contributed by atoms with Gasteiger partial charge in [-0.05, 0) is 44.0 Å². The van der Waals surface area contributed by atoms with E-state index in [4.69, 9.17) is 16.3 Å². The molecule has 0 aliphatic carbocycles. The lowest BCUT2D eigenvalue weighted by Gasteiger charge is -2.24. The number of benzene rings is 1.